The molecule has 0 unspecified atom stereocenters. The van der Waals surface area contributed by atoms with E-state index in [9.17, 15) is 0 Å². The molecule has 0 atom stereocenters. The minimum atomic E-state index is 1.08. The van der Waals surface area contributed by atoms with Gasteiger partial charge in [0.1, 0.15) is 0 Å². The molecule has 2 nitrogen and oxygen atoms in total. The summed E-state index contributed by atoms with van der Waals surface area (Å²) in [7, 11) is 0. The summed E-state index contributed by atoms with van der Waals surface area (Å²) in [6, 6.07) is 92.0. The van der Waals surface area contributed by atoms with Crippen molar-refractivity contribution in [1.29, 1.82) is 0 Å². The number of anilines is 3. The van der Waals surface area contributed by atoms with Gasteiger partial charge < -0.3 is 9.47 Å². The Morgan fingerprint density at radius 3 is 1.27 bits per heavy atom. The van der Waals surface area contributed by atoms with Gasteiger partial charge in [0.05, 0.1) is 11.0 Å². The summed E-state index contributed by atoms with van der Waals surface area (Å²) in [5.74, 6) is 0. The van der Waals surface area contributed by atoms with Crippen molar-refractivity contribution >= 4 is 38.9 Å². The molecule has 62 heavy (non-hydrogen) atoms. The standard InChI is InChI=1S/C60H42N2/c1-4-17-43(18-5-1)44-31-35-49(36-32-44)61(51-24-16-23-48(41-51)56-28-13-12-26-54(56)46-21-8-3-9-22-46)52-39-40-58-57-29-14-15-30-59(57)62(60(58)42-52)50-37-33-47(34-38-50)55-27-11-10-25-53(55)45-19-6-2-7-20-45/h1-42H. The Balaban J connectivity index is 1.06. The largest absolute Gasteiger partial charge is 0.310 e. The lowest BCUT2D eigenvalue weighted by molar-refractivity contribution is 1.18. The normalized spacial score (nSPS) is 11.2. The van der Waals surface area contributed by atoms with E-state index in [2.05, 4.69) is 264 Å². The lowest BCUT2D eigenvalue weighted by Crippen LogP contribution is -2.10. The fourth-order valence-electron chi connectivity index (χ4n) is 9.07. The molecule has 0 aliphatic heterocycles. The van der Waals surface area contributed by atoms with Crippen molar-refractivity contribution in [3.05, 3.63) is 255 Å². The zero-order valence-electron chi connectivity index (χ0n) is 34.1. The fourth-order valence-corrected chi connectivity index (χ4v) is 9.07. The maximum absolute atomic E-state index is 2.42. The first kappa shape index (κ1) is 36.8. The van der Waals surface area contributed by atoms with E-state index in [0.717, 1.165) is 33.8 Å². The lowest BCUT2D eigenvalue weighted by Gasteiger charge is -2.27. The number of benzene rings is 10. The van der Waals surface area contributed by atoms with Crippen LogP contribution in [-0.4, -0.2) is 4.57 Å². The molecule has 0 spiro atoms. The topological polar surface area (TPSA) is 8.17 Å². The third-order valence-electron chi connectivity index (χ3n) is 12.0. The molecule has 11 aromatic rings. The van der Waals surface area contributed by atoms with Gasteiger partial charge in [0, 0.05) is 33.5 Å². The molecule has 11 rings (SSSR count). The number of aromatic nitrogens is 1. The average Bonchev–Trinajstić information content (AvgIpc) is 3.69. The number of fused-ring (bicyclic) bond motifs is 3. The lowest BCUT2D eigenvalue weighted by atomic mass is 9.94. The van der Waals surface area contributed by atoms with Gasteiger partial charge in [-0.1, -0.05) is 200 Å². The Morgan fingerprint density at radius 2 is 0.661 bits per heavy atom. The van der Waals surface area contributed by atoms with Crippen LogP contribution in [0.1, 0.15) is 0 Å². The van der Waals surface area contributed by atoms with Crippen molar-refractivity contribution < 1.29 is 0 Å². The van der Waals surface area contributed by atoms with Gasteiger partial charge in [0.2, 0.25) is 0 Å². The van der Waals surface area contributed by atoms with Crippen LogP contribution < -0.4 is 4.90 Å². The Hall–Kier alpha value is -8.20. The van der Waals surface area contributed by atoms with Crippen LogP contribution in [0.5, 0.6) is 0 Å². The molecule has 292 valence electrons. The molecule has 10 aromatic carbocycles. The van der Waals surface area contributed by atoms with E-state index in [1.165, 1.54) is 66.4 Å². The van der Waals surface area contributed by atoms with E-state index < -0.39 is 0 Å². The number of nitrogens with zero attached hydrogens (tertiary/aromatic N) is 2. The Labute approximate surface area is 362 Å². The smallest absolute Gasteiger partial charge is 0.0561 e. The molecule has 2 heteroatoms. The second-order valence-corrected chi connectivity index (χ2v) is 15.7. The van der Waals surface area contributed by atoms with Crippen LogP contribution >= 0.6 is 0 Å². The number of hydrogen-bond acceptors (Lipinski definition) is 1. The molecular formula is C60H42N2. The second-order valence-electron chi connectivity index (χ2n) is 15.7. The third kappa shape index (κ3) is 6.84. The fraction of sp³-hybridized carbons (Fsp3) is 0. The van der Waals surface area contributed by atoms with E-state index in [4.69, 9.17) is 0 Å². The van der Waals surface area contributed by atoms with Gasteiger partial charge >= 0.3 is 0 Å². The Morgan fingerprint density at radius 1 is 0.242 bits per heavy atom. The summed E-state index contributed by atoms with van der Waals surface area (Å²) in [5.41, 5.74) is 18.7. The first-order valence-corrected chi connectivity index (χ1v) is 21.3. The average molecular weight is 791 g/mol. The summed E-state index contributed by atoms with van der Waals surface area (Å²) in [5, 5.41) is 2.44. The maximum atomic E-state index is 2.42. The molecule has 0 saturated carbocycles. The Kier molecular flexibility index (Phi) is 9.57. The van der Waals surface area contributed by atoms with Crippen LogP contribution in [0.4, 0.5) is 17.1 Å². The number of para-hydroxylation sites is 1. The zero-order valence-corrected chi connectivity index (χ0v) is 34.1. The van der Waals surface area contributed by atoms with Crippen molar-refractivity contribution in [3.63, 3.8) is 0 Å². The molecule has 0 aliphatic carbocycles. The van der Waals surface area contributed by atoms with Gasteiger partial charge in [-0.25, -0.2) is 0 Å². The molecule has 0 saturated heterocycles. The van der Waals surface area contributed by atoms with Crippen molar-refractivity contribution in [2.24, 2.45) is 0 Å². The van der Waals surface area contributed by atoms with Crippen molar-refractivity contribution in [1.82, 2.24) is 4.57 Å². The summed E-state index contributed by atoms with van der Waals surface area (Å²) < 4.78 is 2.42. The van der Waals surface area contributed by atoms with Crippen LogP contribution in [0.3, 0.4) is 0 Å². The van der Waals surface area contributed by atoms with Crippen molar-refractivity contribution in [3.8, 4) is 61.3 Å². The molecule has 0 amide bonds. The first-order chi connectivity index (χ1) is 30.8. The van der Waals surface area contributed by atoms with Crippen LogP contribution in [0.25, 0.3) is 83.1 Å². The maximum Gasteiger partial charge on any atom is 0.0561 e. The summed E-state index contributed by atoms with van der Waals surface area (Å²) in [6.07, 6.45) is 0. The third-order valence-corrected chi connectivity index (χ3v) is 12.0. The first-order valence-electron chi connectivity index (χ1n) is 21.3. The highest BCUT2D eigenvalue weighted by Gasteiger charge is 2.19. The molecule has 0 aliphatic rings. The van der Waals surface area contributed by atoms with E-state index in [-0.39, 0.29) is 0 Å². The molecule has 0 fully saturated rings. The highest BCUT2D eigenvalue weighted by atomic mass is 15.1. The van der Waals surface area contributed by atoms with Gasteiger partial charge in [0.25, 0.3) is 0 Å². The van der Waals surface area contributed by atoms with E-state index in [1.54, 1.807) is 0 Å². The van der Waals surface area contributed by atoms with Crippen LogP contribution in [0.2, 0.25) is 0 Å². The van der Waals surface area contributed by atoms with Crippen molar-refractivity contribution in [2.75, 3.05) is 4.90 Å². The highest BCUT2D eigenvalue weighted by molar-refractivity contribution is 6.10. The quantitative estimate of drug-likeness (QED) is 0.141. The van der Waals surface area contributed by atoms with Crippen LogP contribution in [0.15, 0.2) is 255 Å². The predicted molar refractivity (Wildman–Crippen MR) is 263 cm³/mol. The molecular weight excluding hydrogens is 749 g/mol. The number of hydrogen-bond donors (Lipinski definition) is 0. The zero-order chi connectivity index (χ0) is 41.2. The van der Waals surface area contributed by atoms with Gasteiger partial charge in [-0.15, -0.1) is 0 Å². The van der Waals surface area contributed by atoms with Crippen molar-refractivity contribution in [2.45, 2.75) is 0 Å². The van der Waals surface area contributed by atoms with Gasteiger partial charge in [-0.3, -0.25) is 0 Å². The van der Waals surface area contributed by atoms with Crippen LogP contribution in [-0.2, 0) is 0 Å². The van der Waals surface area contributed by atoms with E-state index in [0.29, 0.717) is 0 Å². The van der Waals surface area contributed by atoms with E-state index in [1.807, 2.05) is 0 Å². The summed E-state index contributed by atoms with van der Waals surface area (Å²) in [4.78, 5) is 2.40. The number of rotatable bonds is 9. The highest BCUT2D eigenvalue weighted by Crippen LogP contribution is 2.42. The van der Waals surface area contributed by atoms with Gasteiger partial charge in [0.15, 0.2) is 0 Å². The summed E-state index contributed by atoms with van der Waals surface area (Å²) >= 11 is 0. The SMILES string of the molecule is c1ccc(-c2ccc(N(c3cccc(-c4ccccc4-c4ccccc4)c3)c3ccc4c5ccccc5n(-c5ccc(-c6ccccc6-c6ccccc6)cc5)c4c3)cc2)cc1. The predicted octanol–water partition coefficient (Wildman–Crippen LogP) is 16.6. The minimum Gasteiger partial charge on any atom is -0.310 e. The molecule has 1 aromatic heterocycles. The monoisotopic (exact) mass is 790 g/mol. The molecule has 0 radical (unpaired) electrons. The molecule has 0 N–H and O–H groups in total. The van der Waals surface area contributed by atoms with Crippen LogP contribution in [0, 0.1) is 0 Å². The molecule has 0 bridgehead atoms. The summed E-state index contributed by atoms with van der Waals surface area (Å²) in [6.45, 7) is 0. The minimum absolute atomic E-state index is 1.08. The Bertz CT molecular complexity index is 3310. The van der Waals surface area contributed by atoms with Gasteiger partial charge in [-0.05, 0) is 110 Å². The molecule has 1 heterocycles. The second kappa shape index (κ2) is 16.1. The van der Waals surface area contributed by atoms with E-state index >= 15 is 0 Å². The van der Waals surface area contributed by atoms with Gasteiger partial charge in [-0.2, -0.15) is 0 Å².